The van der Waals surface area contributed by atoms with Gasteiger partial charge in [-0.15, -0.1) is 0 Å². The van der Waals surface area contributed by atoms with Crippen LogP contribution in [0.2, 0.25) is 0 Å². The molecule has 0 amide bonds. The van der Waals surface area contributed by atoms with E-state index in [1.807, 2.05) is 4.90 Å². The molecule has 2 rings (SSSR count). The molecule has 2 aliphatic rings. The monoisotopic (exact) mass is 183 g/mol. The standard InChI is InChI=1S/C9H13NO3/c1-9(2)3-6(9)10-4-7(11)13-8(12)5-10/h6H,3-5H2,1-2H3. The van der Waals surface area contributed by atoms with Crippen LogP contribution < -0.4 is 0 Å². The summed E-state index contributed by atoms with van der Waals surface area (Å²) in [5.74, 6) is -0.835. The van der Waals surface area contributed by atoms with Crippen LogP contribution >= 0.6 is 0 Å². The largest absolute Gasteiger partial charge is 0.391 e. The molecule has 1 saturated carbocycles. The molecule has 0 spiro atoms. The van der Waals surface area contributed by atoms with E-state index < -0.39 is 11.9 Å². The lowest BCUT2D eigenvalue weighted by Crippen LogP contribution is -2.45. The number of hydrogen-bond acceptors (Lipinski definition) is 4. The minimum atomic E-state index is -0.418. The van der Waals surface area contributed by atoms with Gasteiger partial charge in [0.1, 0.15) is 0 Å². The topological polar surface area (TPSA) is 46.6 Å². The number of cyclic esters (lactones) is 2. The van der Waals surface area contributed by atoms with Crippen LogP contribution in [0.3, 0.4) is 0 Å². The van der Waals surface area contributed by atoms with Crippen molar-refractivity contribution in [3.63, 3.8) is 0 Å². The normalized spacial score (nSPS) is 32.9. The highest BCUT2D eigenvalue weighted by molar-refractivity contribution is 5.90. The van der Waals surface area contributed by atoms with Crippen LogP contribution in [0.1, 0.15) is 20.3 Å². The van der Waals surface area contributed by atoms with Crippen LogP contribution in [-0.4, -0.2) is 36.0 Å². The first-order valence-corrected chi connectivity index (χ1v) is 4.46. The van der Waals surface area contributed by atoms with Gasteiger partial charge in [-0.2, -0.15) is 0 Å². The van der Waals surface area contributed by atoms with E-state index >= 15 is 0 Å². The lowest BCUT2D eigenvalue weighted by Gasteiger charge is -2.25. The van der Waals surface area contributed by atoms with Gasteiger partial charge in [0.05, 0.1) is 13.1 Å². The number of morpholine rings is 1. The molecule has 0 aromatic heterocycles. The lowest BCUT2D eigenvalue weighted by atomic mass is 10.2. The van der Waals surface area contributed by atoms with Gasteiger partial charge in [-0.1, -0.05) is 13.8 Å². The number of carbonyl (C=O) groups excluding carboxylic acids is 2. The first kappa shape index (κ1) is 8.69. The van der Waals surface area contributed by atoms with E-state index in [0.29, 0.717) is 6.04 Å². The number of esters is 2. The van der Waals surface area contributed by atoms with E-state index in [0.717, 1.165) is 6.42 Å². The second-order valence-corrected chi connectivity index (χ2v) is 4.46. The van der Waals surface area contributed by atoms with Crippen molar-refractivity contribution in [2.45, 2.75) is 26.3 Å². The SMILES string of the molecule is CC1(C)CC1N1CC(=O)OC(=O)C1. The van der Waals surface area contributed by atoms with Crippen molar-refractivity contribution in [1.29, 1.82) is 0 Å². The molecule has 0 aromatic carbocycles. The van der Waals surface area contributed by atoms with E-state index in [1.165, 1.54) is 0 Å². The minimum Gasteiger partial charge on any atom is -0.391 e. The number of carbonyl (C=O) groups is 2. The molecule has 1 saturated heterocycles. The molecule has 72 valence electrons. The van der Waals surface area contributed by atoms with Crippen molar-refractivity contribution in [2.24, 2.45) is 5.41 Å². The zero-order valence-electron chi connectivity index (χ0n) is 7.87. The van der Waals surface area contributed by atoms with Crippen molar-refractivity contribution in [1.82, 2.24) is 4.90 Å². The number of ether oxygens (including phenoxy) is 1. The molecule has 2 fully saturated rings. The lowest BCUT2D eigenvalue weighted by molar-refractivity contribution is -0.167. The third kappa shape index (κ3) is 1.58. The predicted octanol–water partition coefficient (Wildman–Crippen LogP) is 0.170. The Bertz CT molecular complexity index is 256. The highest BCUT2D eigenvalue weighted by Gasteiger charge is 2.51. The fourth-order valence-electron chi connectivity index (χ4n) is 1.86. The second kappa shape index (κ2) is 2.54. The van der Waals surface area contributed by atoms with Gasteiger partial charge in [-0.25, -0.2) is 0 Å². The van der Waals surface area contributed by atoms with E-state index in [1.54, 1.807) is 0 Å². The third-order valence-electron chi connectivity index (χ3n) is 2.79. The molecule has 0 bridgehead atoms. The molecule has 1 unspecified atom stereocenters. The van der Waals surface area contributed by atoms with Crippen molar-refractivity contribution in [3.8, 4) is 0 Å². The molecular formula is C9H13NO3. The number of rotatable bonds is 1. The summed E-state index contributed by atoms with van der Waals surface area (Å²) in [4.78, 5) is 23.8. The molecule has 1 heterocycles. The summed E-state index contributed by atoms with van der Waals surface area (Å²) in [6.45, 7) is 4.81. The Labute approximate surface area is 76.8 Å². The van der Waals surface area contributed by atoms with Crippen molar-refractivity contribution >= 4 is 11.9 Å². The fourth-order valence-corrected chi connectivity index (χ4v) is 1.86. The van der Waals surface area contributed by atoms with Gasteiger partial charge in [0.2, 0.25) is 0 Å². The Kier molecular flexibility index (Phi) is 1.70. The summed E-state index contributed by atoms with van der Waals surface area (Å²) in [7, 11) is 0. The average Bonchev–Trinajstić information content (AvgIpc) is 2.57. The summed E-state index contributed by atoms with van der Waals surface area (Å²) in [6.07, 6.45) is 1.06. The molecule has 0 aromatic rings. The van der Waals surface area contributed by atoms with Crippen LogP contribution in [0.25, 0.3) is 0 Å². The maximum Gasteiger partial charge on any atom is 0.327 e. The molecule has 4 heteroatoms. The number of nitrogens with zero attached hydrogens (tertiary/aromatic N) is 1. The van der Waals surface area contributed by atoms with Gasteiger partial charge >= 0.3 is 11.9 Å². The molecule has 4 nitrogen and oxygen atoms in total. The summed E-state index contributed by atoms with van der Waals surface area (Å²) < 4.78 is 4.44. The van der Waals surface area contributed by atoms with Crippen molar-refractivity contribution in [2.75, 3.05) is 13.1 Å². The maximum absolute atomic E-state index is 10.9. The van der Waals surface area contributed by atoms with Gasteiger partial charge in [0, 0.05) is 6.04 Å². The van der Waals surface area contributed by atoms with Gasteiger partial charge < -0.3 is 4.74 Å². The van der Waals surface area contributed by atoms with Crippen LogP contribution in [0.15, 0.2) is 0 Å². The molecule has 0 radical (unpaired) electrons. The summed E-state index contributed by atoms with van der Waals surface area (Å²) in [5, 5.41) is 0. The third-order valence-corrected chi connectivity index (χ3v) is 2.79. The maximum atomic E-state index is 10.9. The molecule has 0 N–H and O–H groups in total. The van der Waals surface area contributed by atoms with Gasteiger partial charge in [-0.05, 0) is 11.8 Å². The molecule has 1 aliphatic carbocycles. The highest BCUT2D eigenvalue weighted by atomic mass is 16.6. The summed E-state index contributed by atoms with van der Waals surface area (Å²) >= 11 is 0. The van der Waals surface area contributed by atoms with Crippen LogP contribution in [0, 0.1) is 5.41 Å². The zero-order chi connectivity index (χ0) is 9.64. The Morgan fingerprint density at radius 2 is 1.77 bits per heavy atom. The smallest absolute Gasteiger partial charge is 0.327 e. The molecule has 1 aliphatic heterocycles. The minimum absolute atomic E-state index is 0.262. The van der Waals surface area contributed by atoms with Crippen LogP contribution in [0.5, 0.6) is 0 Å². The molecular weight excluding hydrogens is 170 g/mol. The number of hydrogen-bond donors (Lipinski definition) is 0. The highest BCUT2D eigenvalue weighted by Crippen LogP contribution is 2.48. The van der Waals surface area contributed by atoms with E-state index in [2.05, 4.69) is 18.6 Å². The van der Waals surface area contributed by atoms with Gasteiger partial charge in [0.15, 0.2) is 0 Å². The second-order valence-electron chi connectivity index (χ2n) is 4.46. The Morgan fingerprint density at radius 3 is 2.15 bits per heavy atom. The predicted molar refractivity (Wildman–Crippen MR) is 44.9 cm³/mol. The zero-order valence-corrected chi connectivity index (χ0v) is 7.87. The van der Waals surface area contributed by atoms with E-state index in [-0.39, 0.29) is 18.5 Å². The van der Waals surface area contributed by atoms with Gasteiger partial charge in [-0.3, -0.25) is 14.5 Å². The Hall–Kier alpha value is -0.900. The molecule has 1 atom stereocenters. The van der Waals surface area contributed by atoms with Crippen LogP contribution in [0.4, 0.5) is 0 Å². The average molecular weight is 183 g/mol. The van der Waals surface area contributed by atoms with Crippen molar-refractivity contribution < 1.29 is 14.3 Å². The van der Waals surface area contributed by atoms with Crippen molar-refractivity contribution in [3.05, 3.63) is 0 Å². The quantitative estimate of drug-likeness (QED) is 0.429. The van der Waals surface area contributed by atoms with E-state index in [4.69, 9.17) is 0 Å². The van der Waals surface area contributed by atoms with Gasteiger partial charge in [0.25, 0.3) is 0 Å². The Morgan fingerprint density at radius 1 is 1.31 bits per heavy atom. The Balaban J connectivity index is 2.01. The first-order valence-electron chi connectivity index (χ1n) is 4.46. The first-order chi connectivity index (χ1) is 5.99. The summed E-state index contributed by atoms with van der Waals surface area (Å²) in [6, 6.07) is 0.379. The van der Waals surface area contributed by atoms with Crippen LogP contribution in [-0.2, 0) is 14.3 Å². The summed E-state index contributed by atoms with van der Waals surface area (Å²) in [5.41, 5.74) is 0.262. The fraction of sp³-hybridized carbons (Fsp3) is 0.778. The molecule has 13 heavy (non-hydrogen) atoms. The van der Waals surface area contributed by atoms with E-state index in [9.17, 15) is 9.59 Å².